The standard InChI is InChI=1S/C15H18ClFN2/c1-3-15(18-2)11-6-7-19(9-11)10-12-8-13(17)4-5-14(12)16/h4-9,15,18H,3,10H2,1-2H3. The first-order chi connectivity index (χ1) is 9.13. The van der Waals surface area contributed by atoms with E-state index in [1.54, 1.807) is 6.07 Å². The van der Waals surface area contributed by atoms with Gasteiger partial charge in [-0.3, -0.25) is 0 Å². The zero-order chi connectivity index (χ0) is 13.8. The fourth-order valence-corrected chi connectivity index (χ4v) is 2.41. The molecule has 2 aromatic rings. The summed E-state index contributed by atoms with van der Waals surface area (Å²) in [6.07, 6.45) is 5.10. The number of rotatable bonds is 5. The van der Waals surface area contributed by atoms with E-state index >= 15 is 0 Å². The molecule has 0 saturated carbocycles. The van der Waals surface area contributed by atoms with Crippen molar-refractivity contribution in [1.82, 2.24) is 9.88 Å². The van der Waals surface area contributed by atoms with E-state index in [4.69, 9.17) is 11.6 Å². The van der Waals surface area contributed by atoms with Crippen LogP contribution < -0.4 is 5.32 Å². The van der Waals surface area contributed by atoms with Crippen molar-refractivity contribution in [1.29, 1.82) is 0 Å². The summed E-state index contributed by atoms with van der Waals surface area (Å²) in [5.74, 6) is -0.256. The Morgan fingerprint density at radius 3 is 2.84 bits per heavy atom. The van der Waals surface area contributed by atoms with Crippen molar-refractivity contribution < 1.29 is 4.39 Å². The molecule has 0 saturated heterocycles. The van der Waals surface area contributed by atoms with E-state index in [1.165, 1.54) is 17.7 Å². The Morgan fingerprint density at radius 1 is 1.37 bits per heavy atom. The van der Waals surface area contributed by atoms with Gasteiger partial charge in [0, 0.05) is 30.0 Å². The Balaban J connectivity index is 2.18. The van der Waals surface area contributed by atoms with Crippen molar-refractivity contribution in [3.05, 3.63) is 58.6 Å². The molecule has 2 nitrogen and oxygen atoms in total. The minimum atomic E-state index is -0.256. The highest BCUT2D eigenvalue weighted by atomic mass is 35.5. The zero-order valence-electron chi connectivity index (χ0n) is 11.2. The Bertz CT molecular complexity index is 547. The maximum Gasteiger partial charge on any atom is 0.123 e. The molecule has 1 heterocycles. The van der Waals surface area contributed by atoms with Gasteiger partial charge in [-0.25, -0.2) is 4.39 Å². The van der Waals surface area contributed by atoms with E-state index in [9.17, 15) is 4.39 Å². The number of hydrogen-bond acceptors (Lipinski definition) is 1. The van der Waals surface area contributed by atoms with E-state index < -0.39 is 0 Å². The first-order valence-corrected chi connectivity index (χ1v) is 6.78. The van der Waals surface area contributed by atoms with Gasteiger partial charge in [-0.05, 0) is 48.9 Å². The molecule has 0 radical (unpaired) electrons. The zero-order valence-corrected chi connectivity index (χ0v) is 11.9. The number of hydrogen-bond donors (Lipinski definition) is 1. The predicted molar refractivity (Wildman–Crippen MR) is 77.0 cm³/mol. The molecule has 0 fully saturated rings. The molecule has 0 amide bonds. The third kappa shape index (κ3) is 3.37. The van der Waals surface area contributed by atoms with Gasteiger partial charge in [-0.1, -0.05) is 18.5 Å². The summed E-state index contributed by atoms with van der Waals surface area (Å²) in [5.41, 5.74) is 2.03. The van der Waals surface area contributed by atoms with Crippen molar-refractivity contribution >= 4 is 11.6 Å². The minimum Gasteiger partial charge on any atom is -0.350 e. The molecule has 1 unspecified atom stereocenters. The van der Waals surface area contributed by atoms with E-state index in [2.05, 4.69) is 24.5 Å². The lowest BCUT2D eigenvalue weighted by Crippen LogP contribution is -2.14. The van der Waals surface area contributed by atoms with Crippen LogP contribution in [-0.2, 0) is 6.54 Å². The molecule has 1 atom stereocenters. The average molecular weight is 281 g/mol. The lowest BCUT2D eigenvalue weighted by molar-refractivity contribution is 0.575. The maximum atomic E-state index is 13.2. The molecule has 102 valence electrons. The number of aromatic nitrogens is 1. The Morgan fingerprint density at radius 2 is 2.16 bits per heavy atom. The highest BCUT2D eigenvalue weighted by molar-refractivity contribution is 6.31. The normalized spacial score (nSPS) is 12.6. The first kappa shape index (κ1) is 14.1. The van der Waals surface area contributed by atoms with Crippen LogP contribution in [0.1, 0.15) is 30.5 Å². The van der Waals surface area contributed by atoms with Crippen LogP contribution in [0.5, 0.6) is 0 Å². The van der Waals surface area contributed by atoms with Gasteiger partial charge >= 0.3 is 0 Å². The number of nitrogens with zero attached hydrogens (tertiary/aromatic N) is 1. The summed E-state index contributed by atoms with van der Waals surface area (Å²) in [6, 6.07) is 6.89. The molecule has 1 N–H and O–H groups in total. The van der Waals surface area contributed by atoms with Crippen LogP contribution in [-0.4, -0.2) is 11.6 Å². The molecule has 0 spiro atoms. The molecule has 1 aromatic carbocycles. The topological polar surface area (TPSA) is 17.0 Å². The summed E-state index contributed by atoms with van der Waals surface area (Å²) in [7, 11) is 1.95. The van der Waals surface area contributed by atoms with Crippen molar-refractivity contribution in [3.63, 3.8) is 0 Å². The predicted octanol–water partition coefficient (Wildman–Crippen LogP) is 4.00. The van der Waals surface area contributed by atoms with E-state index in [0.29, 0.717) is 17.6 Å². The van der Waals surface area contributed by atoms with Crippen LogP contribution in [0, 0.1) is 5.82 Å². The number of nitrogens with one attached hydrogen (secondary N) is 1. The van der Waals surface area contributed by atoms with Gasteiger partial charge in [0.25, 0.3) is 0 Å². The fourth-order valence-electron chi connectivity index (χ4n) is 2.23. The van der Waals surface area contributed by atoms with Gasteiger partial charge in [-0.2, -0.15) is 0 Å². The Hall–Kier alpha value is -1.32. The molecule has 0 aliphatic carbocycles. The summed E-state index contributed by atoms with van der Waals surface area (Å²) in [5, 5.41) is 3.86. The summed E-state index contributed by atoms with van der Waals surface area (Å²) in [4.78, 5) is 0. The van der Waals surface area contributed by atoms with Gasteiger partial charge in [0.15, 0.2) is 0 Å². The number of halogens is 2. The van der Waals surface area contributed by atoms with Crippen LogP contribution in [0.15, 0.2) is 36.7 Å². The highest BCUT2D eigenvalue weighted by Gasteiger charge is 2.09. The van der Waals surface area contributed by atoms with Crippen molar-refractivity contribution in [2.45, 2.75) is 25.9 Å². The van der Waals surface area contributed by atoms with Crippen molar-refractivity contribution in [3.8, 4) is 0 Å². The van der Waals surface area contributed by atoms with Crippen LogP contribution in [0.3, 0.4) is 0 Å². The van der Waals surface area contributed by atoms with Crippen molar-refractivity contribution in [2.75, 3.05) is 7.05 Å². The lowest BCUT2D eigenvalue weighted by Gasteiger charge is -2.11. The fraction of sp³-hybridized carbons (Fsp3) is 0.333. The molecular weight excluding hydrogens is 263 g/mol. The second-order valence-corrected chi connectivity index (χ2v) is 5.01. The lowest BCUT2D eigenvalue weighted by atomic mass is 10.1. The quantitative estimate of drug-likeness (QED) is 0.876. The van der Waals surface area contributed by atoms with Crippen LogP contribution in [0.4, 0.5) is 4.39 Å². The van der Waals surface area contributed by atoms with Crippen LogP contribution in [0.2, 0.25) is 5.02 Å². The minimum absolute atomic E-state index is 0.256. The summed E-state index contributed by atoms with van der Waals surface area (Å²) >= 11 is 6.08. The monoisotopic (exact) mass is 280 g/mol. The van der Waals surface area contributed by atoms with E-state index in [1.807, 2.05) is 17.8 Å². The number of benzene rings is 1. The second-order valence-electron chi connectivity index (χ2n) is 4.60. The summed E-state index contributed by atoms with van der Waals surface area (Å²) in [6.45, 7) is 2.72. The van der Waals surface area contributed by atoms with Gasteiger partial charge in [-0.15, -0.1) is 0 Å². The van der Waals surface area contributed by atoms with Gasteiger partial charge in [0.2, 0.25) is 0 Å². The molecule has 4 heteroatoms. The van der Waals surface area contributed by atoms with Gasteiger partial charge < -0.3 is 9.88 Å². The molecule has 1 aromatic heterocycles. The third-order valence-corrected chi connectivity index (χ3v) is 3.66. The van der Waals surface area contributed by atoms with Crippen LogP contribution >= 0.6 is 11.6 Å². The molecule has 0 aliphatic heterocycles. The van der Waals surface area contributed by atoms with Gasteiger partial charge in [0.1, 0.15) is 5.82 Å². The molecule has 19 heavy (non-hydrogen) atoms. The third-order valence-electron chi connectivity index (χ3n) is 3.29. The average Bonchev–Trinajstić information content (AvgIpc) is 2.84. The second kappa shape index (κ2) is 6.22. The van der Waals surface area contributed by atoms with Gasteiger partial charge in [0.05, 0.1) is 0 Å². The largest absolute Gasteiger partial charge is 0.350 e. The molecule has 2 rings (SSSR count). The Labute approximate surface area is 118 Å². The van der Waals surface area contributed by atoms with E-state index in [0.717, 1.165) is 12.0 Å². The SMILES string of the molecule is CCC(NC)c1ccn(Cc2cc(F)ccc2Cl)c1. The molecule has 0 bridgehead atoms. The summed E-state index contributed by atoms with van der Waals surface area (Å²) < 4.78 is 15.2. The smallest absolute Gasteiger partial charge is 0.123 e. The molecular formula is C15H18ClFN2. The maximum absolute atomic E-state index is 13.2. The van der Waals surface area contributed by atoms with E-state index in [-0.39, 0.29) is 5.82 Å². The molecule has 0 aliphatic rings. The van der Waals surface area contributed by atoms with Crippen molar-refractivity contribution in [2.24, 2.45) is 0 Å². The Kier molecular flexibility index (Phi) is 4.61. The van der Waals surface area contributed by atoms with Crippen LogP contribution in [0.25, 0.3) is 0 Å². The first-order valence-electron chi connectivity index (χ1n) is 6.41. The highest BCUT2D eigenvalue weighted by Crippen LogP contribution is 2.20.